The smallest absolute Gasteiger partial charge is 0.185 e. The lowest BCUT2D eigenvalue weighted by atomic mass is 10.0. The van der Waals surface area contributed by atoms with Crippen LogP contribution < -0.4 is 0 Å². The van der Waals surface area contributed by atoms with E-state index in [4.69, 9.17) is 23.2 Å². The largest absolute Gasteiger partial charge is 0.294 e. The fourth-order valence-electron chi connectivity index (χ4n) is 2.95. The highest BCUT2D eigenvalue weighted by atomic mass is 35.5. The third-order valence-corrected chi connectivity index (χ3v) is 7.16. The quantitative estimate of drug-likeness (QED) is 0.442. The molecule has 6 heteroatoms. The van der Waals surface area contributed by atoms with Gasteiger partial charge in [0, 0.05) is 22.0 Å². The number of rotatable bonds is 6. The Balaban J connectivity index is 2.08. The van der Waals surface area contributed by atoms with E-state index in [1.807, 2.05) is 6.92 Å². The van der Waals surface area contributed by atoms with Crippen LogP contribution in [0, 0.1) is 6.92 Å². The van der Waals surface area contributed by atoms with E-state index in [1.54, 1.807) is 66.7 Å². The number of ketones is 1. The van der Waals surface area contributed by atoms with Gasteiger partial charge in [0.1, 0.15) is 0 Å². The summed E-state index contributed by atoms with van der Waals surface area (Å²) in [7, 11) is -3.86. The Hall–Kier alpha value is -2.14. The minimum atomic E-state index is -3.86. The Morgan fingerprint density at radius 2 is 1.57 bits per heavy atom. The lowest BCUT2D eigenvalue weighted by Crippen LogP contribution is -2.18. The first-order valence-electron chi connectivity index (χ1n) is 8.63. The average molecular weight is 433 g/mol. The molecule has 0 N–H and O–H groups in total. The van der Waals surface area contributed by atoms with Crippen molar-refractivity contribution in [2.24, 2.45) is 0 Å². The van der Waals surface area contributed by atoms with E-state index in [1.165, 1.54) is 6.07 Å². The molecule has 0 bridgehead atoms. The van der Waals surface area contributed by atoms with Crippen molar-refractivity contribution in [2.75, 3.05) is 0 Å². The Morgan fingerprint density at radius 1 is 0.929 bits per heavy atom. The van der Waals surface area contributed by atoms with E-state index < -0.39 is 15.1 Å². The molecule has 0 spiro atoms. The van der Waals surface area contributed by atoms with Crippen LogP contribution >= 0.6 is 23.2 Å². The molecule has 0 fully saturated rings. The standard InChI is InChI=1S/C22H18Cl2O3S/c1-15-7-10-18(11-8-15)28(26,27)22(19-12-9-17(23)13-20(19)24)14-21(25)16-5-3-2-4-6-16/h2-13,22H,14H2,1H3/t22-/m1/s1. The second-order valence-corrected chi connectivity index (χ2v) is 9.48. The first kappa shape index (κ1) is 20.6. The molecule has 3 nitrogen and oxygen atoms in total. The highest BCUT2D eigenvalue weighted by Gasteiger charge is 2.33. The molecule has 3 aromatic carbocycles. The van der Waals surface area contributed by atoms with Gasteiger partial charge in [-0.3, -0.25) is 4.79 Å². The predicted molar refractivity (Wildman–Crippen MR) is 113 cm³/mol. The number of carbonyl (C=O) groups excluding carboxylic acids is 1. The highest BCUT2D eigenvalue weighted by Crippen LogP contribution is 2.37. The van der Waals surface area contributed by atoms with Gasteiger partial charge in [0.15, 0.2) is 15.6 Å². The molecule has 3 rings (SSSR count). The van der Waals surface area contributed by atoms with Gasteiger partial charge in [-0.15, -0.1) is 0 Å². The molecule has 28 heavy (non-hydrogen) atoms. The number of hydrogen-bond donors (Lipinski definition) is 0. The maximum atomic E-state index is 13.4. The lowest BCUT2D eigenvalue weighted by molar-refractivity contribution is 0.0981. The summed E-state index contributed by atoms with van der Waals surface area (Å²) < 4.78 is 26.8. The van der Waals surface area contributed by atoms with E-state index in [0.717, 1.165) is 5.56 Å². The lowest BCUT2D eigenvalue weighted by Gasteiger charge is -2.19. The fraction of sp³-hybridized carbons (Fsp3) is 0.136. The van der Waals surface area contributed by atoms with Crippen LogP contribution in [0.1, 0.15) is 33.2 Å². The van der Waals surface area contributed by atoms with Crippen molar-refractivity contribution in [3.8, 4) is 0 Å². The number of aryl methyl sites for hydroxylation is 1. The Bertz CT molecular complexity index is 1090. The Kier molecular flexibility index (Phi) is 6.23. The number of hydrogen-bond acceptors (Lipinski definition) is 3. The summed E-state index contributed by atoms with van der Waals surface area (Å²) in [6.45, 7) is 1.88. The first-order chi connectivity index (χ1) is 13.3. The number of Topliss-reactive ketones (excluding diaryl/α,β-unsaturated/α-hetero) is 1. The van der Waals surface area contributed by atoms with Crippen LogP contribution in [0.2, 0.25) is 10.0 Å². The van der Waals surface area contributed by atoms with Gasteiger partial charge in [-0.25, -0.2) is 8.42 Å². The normalized spacial score (nSPS) is 12.5. The van der Waals surface area contributed by atoms with Gasteiger partial charge < -0.3 is 0 Å². The van der Waals surface area contributed by atoms with Gasteiger partial charge in [0.05, 0.1) is 10.1 Å². The van der Waals surface area contributed by atoms with Crippen molar-refractivity contribution in [3.63, 3.8) is 0 Å². The van der Waals surface area contributed by atoms with Crippen LogP contribution in [-0.2, 0) is 9.84 Å². The third kappa shape index (κ3) is 4.46. The summed E-state index contributed by atoms with van der Waals surface area (Å²) >= 11 is 12.3. The van der Waals surface area contributed by atoms with Crippen LogP contribution in [0.3, 0.4) is 0 Å². The zero-order valence-electron chi connectivity index (χ0n) is 15.1. The van der Waals surface area contributed by atoms with E-state index in [0.29, 0.717) is 16.1 Å². The second kappa shape index (κ2) is 8.48. The number of carbonyl (C=O) groups is 1. The predicted octanol–water partition coefficient (Wildman–Crippen LogP) is 6.09. The second-order valence-electron chi connectivity index (χ2n) is 6.51. The summed E-state index contributed by atoms with van der Waals surface area (Å²) in [5.41, 5.74) is 1.76. The first-order valence-corrected chi connectivity index (χ1v) is 10.9. The number of benzene rings is 3. The van der Waals surface area contributed by atoms with E-state index in [-0.39, 0.29) is 22.1 Å². The summed E-state index contributed by atoms with van der Waals surface area (Å²) in [6.07, 6.45) is -0.221. The van der Waals surface area contributed by atoms with Gasteiger partial charge >= 0.3 is 0 Å². The number of halogens is 2. The summed E-state index contributed by atoms with van der Waals surface area (Å²) in [6, 6.07) is 19.8. The summed E-state index contributed by atoms with van der Waals surface area (Å²) in [4.78, 5) is 13.0. The topological polar surface area (TPSA) is 51.2 Å². The molecule has 0 saturated carbocycles. The zero-order valence-corrected chi connectivity index (χ0v) is 17.4. The molecule has 0 heterocycles. The van der Waals surface area contributed by atoms with Gasteiger partial charge in [0.25, 0.3) is 0 Å². The maximum absolute atomic E-state index is 13.4. The molecule has 144 valence electrons. The van der Waals surface area contributed by atoms with Crippen LogP contribution in [0.25, 0.3) is 0 Å². The summed E-state index contributed by atoms with van der Waals surface area (Å²) in [5.74, 6) is -0.271. The van der Waals surface area contributed by atoms with Crippen LogP contribution in [0.15, 0.2) is 77.7 Å². The minimum absolute atomic E-state index is 0.148. The Morgan fingerprint density at radius 3 is 2.18 bits per heavy atom. The molecule has 0 aliphatic heterocycles. The monoisotopic (exact) mass is 432 g/mol. The molecule has 0 saturated heterocycles. The highest BCUT2D eigenvalue weighted by molar-refractivity contribution is 7.91. The summed E-state index contributed by atoms with van der Waals surface area (Å²) in [5, 5.41) is -0.503. The van der Waals surface area contributed by atoms with Gasteiger partial charge in [-0.1, -0.05) is 77.3 Å². The SMILES string of the molecule is Cc1ccc(S(=O)(=O)[C@H](CC(=O)c2ccccc2)c2ccc(Cl)cc2Cl)cc1. The van der Waals surface area contributed by atoms with Crippen molar-refractivity contribution < 1.29 is 13.2 Å². The van der Waals surface area contributed by atoms with Gasteiger partial charge in [0.2, 0.25) is 0 Å². The molecule has 0 aliphatic carbocycles. The zero-order chi connectivity index (χ0) is 20.3. The maximum Gasteiger partial charge on any atom is 0.185 e. The number of sulfone groups is 1. The molecule has 0 radical (unpaired) electrons. The van der Waals surface area contributed by atoms with Crippen molar-refractivity contribution >= 4 is 38.8 Å². The van der Waals surface area contributed by atoms with Crippen molar-refractivity contribution in [2.45, 2.75) is 23.5 Å². The van der Waals surface area contributed by atoms with Crippen LogP contribution in [0.4, 0.5) is 0 Å². The van der Waals surface area contributed by atoms with Crippen molar-refractivity contribution in [1.29, 1.82) is 0 Å². The van der Waals surface area contributed by atoms with E-state index in [2.05, 4.69) is 0 Å². The molecule has 0 aromatic heterocycles. The molecule has 3 aromatic rings. The molecule has 0 aliphatic rings. The van der Waals surface area contributed by atoms with Gasteiger partial charge in [-0.05, 0) is 36.8 Å². The fourth-order valence-corrected chi connectivity index (χ4v) is 5.31. The van der Waals surface area contributed by atoms with E-state index in [9.17, 15) is 13.2 Å². The van der Waals surface area contributed by atoms with Crippen molar-refractivity contribution in [1.82, 2.24) is 0 Å². The Labute approximate surface area is 174 Å². The molecular formula is C22H18Cl2O3S. The minimum Gasteiger partial charge on any atom is -0.294 e. The van der Waals surface area contributed by atoms with Crippen LogP contribution in [-0.4, -0.2) is 14.2 Å². The van der Waals surface area contributed by atoms with Crippen molar-refractivity contribution in [3.05, 3.63) is 99.5 Å². The molecule has 1 atom stereocenters. The average Bonchev–Trinajstić information content (AvgIpc) is 2.67. The van der Waals surface area contributed by atoms with Gasteiger partial charge in [-0.2, -0.15) is 0 Å². The molecule has 0 unspecified atom stereocenters. The van der Waals surface area contributed by atoms with E-state index >= 15 is 0 Å². The molecule has 0 amide bonds. The molecular weight excluding hydrogens is 415 g/mol. The third-order valence-electron chi connectivity index (χ3n) is 4.50. The van der Waals surface area contributed by atoms with Crippen LogP contribution in [0.5, 0.6) is 0 Å².